The van der Waals surface area contributed by atoms with Crippen LogP contribution in [0.4, 0.5) is 9.59 Å². The van der Waals surface area contributed by atoms with Crippen molar-refractivity contribution < 1.29 is 81.3 Å². The molecule has 14 unspecified atom stereocenters. The van der Waals surface area contributed by atoms with Gasteiger partial charge < -0.3 is 55.5 Å². The van der Waals surface area contributed by atoms with Gasteiger partial charge in [-0.2, -0.15) is 23.5 Å². The normalized spacial score (nSPS) is 32.9. The van der Waals surface area contributed by atoms with Gasteiger partial charge in [-0.1, -0.05) is 37.1 Å². The first-order valence-corrected chi connectivity index (χ1v) is 29.1. The number of nitrogens with zero attached hydrogens (tertiary/aromatic N) is 3. The lowest BCUT2D eigenvalue weighted by molar-refractivity contribution is -0.197. The van der Waals surface area contributed by atoms with E-state index in [-0.39, 0.29) is 148 Å². The summed E-state index contributed by atoms with van der Waals surface area (Å²) in [5, 5.41) is 13.1. The SMILES string of the molecule is NCCOCCOCCN1C(=O)C2C3C=CC(O3)C2C1=O.O=C(CCCCC1SCC2NC(=O)NC21)NOCCOCCN1C(=O)C2C3C=CC(O3)C2C1=O.O=C1NC2CSC(CCCCC(=O)ON3C(=O)CCC3=O)C2N1. The average Bonchev–Trinajstić information content (AvgIpc) is 4.49. The van der Waals surface area contributed by atoms with Crippen LogP contribution >= 0.6 is 23.5 Å². The van der Waals surface area contributed by atoms with E-state index in [0.29, 0.717) is 67.9 Å². The number of thioether (sulfide) groups is 2. The first-order valence-electron chi connectivity index (χ1n) is 27.0. The molecule has 9 fully saturated rings. The molecule has 11 amide bonds. The van der Waals surface area contributed by atoms with Crippen molar-refractivity contribution in [2.75, 3.05) is 77.4 Å². The van der Waals surface area contributed by atoms with E-state index in [2.05, 4.69) is 26.7 Å². The highest BCUT2D eigenvalue weighted by Gasteiger charge is 2.61. The highest BCUT2D eigenvalue weighted by Crippen LogP contribution is 2.46. The summed E-state index contributed by atoms with van der Waals surface area (Å²) in [5.41, 5.74) is 7.70. The molecular weight excluding hydrogens is 1060 g/mol. The van der Waals surface area contributed by atoms with Crippen molar-refractivity contribution in [3.05, 3.63) is 24.3 Å². The third-order valence-electron chi connectivity index (χ3n) is 15.4. The molecule has 11 aliphatic rings. The maximum atomic E-state index is 12.5. The van der Waals surface area contributed by atoms with Crippen molar-refractivity contribution in [1.29, 1.82) is 0 Å². The minimum atomic E-state index is -0.554. The highest BCUT2D eigenvalue weighted by atomic mass is 32.2. The molecule has 28 heteroatoms. The van der Waals surface area contributed by atoms with E-state index in [1.54, 1.807) is 0 Å². The number of carbonyl (C=O) groups is 10. The highest BCUT2D eigenvalue weighted by molar-refractivity contribution is 8.00. The van der Waals surface area contributed by atoms with Crippen LogP contribution in [0.15, 0.2) is 24.3 Å². The van der Waals surface area contributed by atoms with Gasteiger partial charge >= 0.3 is 18.0 Å². The Kier molecular flexibility index (Phi) is 19.8. The molecule has 11 rings (SSSR count). The number of carbonyl (C=O) groups excluding carboxylic acids is 10. The Balaban J connectivity index is 0.000000148. The largest absolute Gasteiger partial charge is 0.378 e. The Hall–Kier alpha value is -5.20. The number of hydroxylamine groups is 3. The summed E-state index contributed by atoms with van der Waals surface area (Å²) in [6.45, 7) is 3.34. The summed E-state index contributed by atoms with van der Waals surface area (Å²) >= 11 is 3.70. The van der Waals surface area contributed by atoms with E-state index in [4.69, 9.17) is 39.1 Å². The molecule has 0 radical (unpaired) electrons. The summed E-state index contributed by atoms with van der Waals surface area (Å²) in [4.78, 5) is 131. The van der Waals surface area contributed by atoms with Crippen molar-refractivity contribution in [3.63, 3.8) is 0 Å². The van der Waals surface area contributed by atoms with E-state index in [1.165, 1.54) is 9.80 Å². The molecule has 0 aromatic heterocycles. The number of nitrogens with one attached hydrogen (secondary N) is 5. The van der Waals surface area contributed by atoms with Crippen LogP contribution in [0, 0.1) is 23.7 Å². The zero-order valence-electron chi connectivity index (χ0n) is 43.1. The molecule has 0 aromatic carbocycles. The Morgan fingerprint density at radius 1 is 0.577 bits per heavy atom. The lowest BCUT2D eigenvalue weighted by atomic mass is 9.85. The zero-order chi connectivity index (χ0) is 54.9. The Bertz CT molecular complexity index is 2270. The average molecular weight is 1130 g/mol. The van der Waals surface area contributed by atoms with Gasteiger partial charge in [-0.3, -0.25) is 48.2 Å². The van der Waals surface area contributed by atoms with Crippen LogP contribution in [0.25, 0.3) is 0 Å². The molecule has 78 heavy (non-hydrogen) atoms. The predicted octanol–water partition coefficient (Wildman–Crippen LogP) is -1.05. The van der Waals surface area contributed by atoms with Crippen LogP contribution in [0.5, 0.6) is 0 Å². The van der Waals surface area contributed by atoms with Gasteiger partial charge in [0.2, 0.25) is 29.5 Å². The molecule has 0 saturated carbocycles. The molecule has 11 heterocycles. The van der Waals surface area contributed by atoms with Crippen molar-refractivity contribution in [1.82, 2.24) is 41.6 Å². The number of imide groups is 3. The first kappa shape index (κ1) is 57.5. The maximum absolute atomic E-state index is 12.5. The molecule has 428 valence electrons. The molecule has 0 spiro atoms. The fourth-order valence-electron chi connectivity index (χ4n) is 11.6. The van der Waals surface area contributed by atoms with Gasteiger partial charge in [0.1, 0.15) is 0 Å². The number of unbranched alkanes of at least 4 members (excludes halogenated alkanes) is 2. The number of ether oxygens (including phenoxy) is 5. The third kappa shape index (κ3) is 13.3. The van der Waals surface area contributed by atoms with Crippen LogP contribution in [-0.2, 0) is 71.7 Å². The molecule has 9 saturated heterocycles. The number of likely N-dealkylation sites (tertiary alicyclic amines) is 2. The fourth-order valence-corrected chi connectivity index (χ4v) is 14.7. The summed E-state index contributed by atoms with van der Waals surface area (Å²) in [7, 11) is 0. The second kappa shape index (κ2) is 26.8. The molecule has 14 atom stereocenters. The summed E-state index contributed by atoms with van der Waals surface area (Å²) < 4.78 is 27.2. The number of hydrogen-bond acceptors (Lipinski definition) is 20. The van der Waals surface area contributed by atoms with Crippen LogP contribution < -0.4 is 32.5 Å². The molecule has 0 aromatic rings. The van der Waals surface area contributed by atoms with Crippen molar-refractivity contribution in [2.24, 2.45) is 29.4 Å². The van der Waals surface area contributed by atoms with E-state index >= 15 is 0 Å². The van der Waals surface area contributed by atoms with Gasteiger partial charge in [-0.05, 0) is 25.7 Å². The Labute approximate surface area is 458 Å². The monoisotopic (exact) mass is 1130 g/mol. The zero-order valence-corrected chi connectivity index (χ0v) is 44.8. The van der Waals surface area contributed by atoms with E-state index in [9.17, 15) is 47.9 Å². The fraction of sp³-hybridized carbons (Fsp3) is 0.720. The lowest BCUT2D eigenvalue weighted by Crippen LogP contribution is -2.37. The molecule has 7 N–H and O–H groups in total. The summed E-state index contributed by atoms with van der Waals surface area (Å²) in [6, 6.07) is 0.597. The standard InChI is InChI=1S/C22H30N4O7S.C14H19N3O5S.C14H20N2O5/c27-16(4-2-1-3-15-19-12(11-34-15)23-22(30)24-19)25-32-10-9-31-8-7-26-20(28)17-13-5-6-14(33-13)18(17)21(26)29;18-10-5-6-11(19)17(10)22-12(20)4-2-1-3-9-13-8(7-23-9)15-14(21)16-13;15-3-5-19-7-8-20-6-4-16-13(17)11-9-1-2-10(21-9)12(11)14(16)18/h5-6,12-15,17-19H,1-4,7-11H2,(H,25,27)(H2,23,24,30);8-9,13H,1-7H2,(H2,15,16,21);1-2,9-12H,3-8,15H2. The van der Waals surface area contributed by atoms with Crippen molar-refractivity contribution in [2.45, 2.75) is 123 Å². The number of hydrogen-bond donors (Lipinski definition) is 6. The van der Waals surface area contributed by atoms with Gasteiger partial charge in [-0.15, -0.1) is 5.06 Å². The smallest absolute Gasteiger partial charge is 0.333 e. The summed E-state index contributed by atoms with van der Waals surface area (Å²) in [6.07, 6.45) is 12.2. The molecule has 26 nitrogen and oxygen atoms in total. The number of fused-ring (bicyclic) bond motifs is 12. The molecular formula is C50H69N9O17S2. The second-order valence-electron chi connectivity index (χ2n) is 20.4. The van der Waals surface area contributed by atoms with Crippen LogP contribution in [-0.4, -0.2) is 211 Å². The first-order chi connectivity index (χ1) is 37.8. The van der Waals surface area contributed by atoms with Crippen LogP contribution in [0.3, 0.4) is 0 Å². The van der Waals surface area contributed by atoms with Crippen LogP contribution in [0.1, 0.15) is 64.2 Å². The maximum Gasteiger partial charge on any atom is 0.333 e. The van der Waals surface area contributed by atoms with Gasteiger partial charge in [0, 0.05) is 54.2 Å². The third-order valence-corrected chi connectivity index (χ3v) is 18.4. The Morgan fingerprint density at radius 3 is 1.47 bits per heavy atom. The molecule has 11 aliphatic heterocycles. The number of nitrogens with two attached hydrogens (primary N) is 1. The minimum Gasteiger partial charge on any atom is -0.378 e. The predicted molar refractivity (Wildman–Crippen MR) is 274 cm³/mol. The molecule has 0 aliphatic carbocycles. The summed E-state index contributed by atoms with van der Waals surface area (Å²) in [5.74, 6) is -1.90. The number of rotatable bonds is 26. The van der Waals surface area contributed by atoms with E-state index in [0.717, 1.165) is 43.6 Å². The van der Waals surface area contributed by atoms with Crippen LogP contribution in [0.2, 0.25) is 0 Å². The van der Waals surface area contributed by atoms with Crippen molar-refractivity contribution >= 4 is 82.9 Å². The van der Waals surface area contributed by atoms with Gasteiger partial charge in [0.15, 0.2) is 0 Å². The topological polar surface area (TPSA) is 331 Å². The van der Waals surface area contributed by atoms with Gasteiger partial charge in [0.05, 0.1) is 132 Å². The number of amides is 11. The van der Waals surface area contributed by atoms with Gasteiger partial charge in [0.25, 0.3) is 11.8 Å². The van der Waals surface area contributed by atoms with E-state index in [1.807, 2.05) is 47.8 Å². The van der Waals surface area contributed by atoms with Gasteiger partial charge in [-0.25, -0.2) is 19.9 Å². The second-order valence-corrected chi connectivity index (χ2v) is 23.0. The number of urea groups is 2. The van der Waals surface area contributed by atoms with E-state index < -0.39 is 29.6 Å². The Morgan fingerprint density at radius 2 is 1.01 bits per heavy atom. The molecule has 4 bridgehead atoms. The van der Waals surface area contributed by atoms with Crippen molar-refractivity contribution in [3.8, 4) is 0 Å². The quantitative estimate of drug-likeness (QED) is 0.0198. The minimum absolute atomic E-state index is 0.0829. The lowest BCUT2D eigenvalue weighted by Gasteiger charge is -2.17.